The van der Waals surface area contributed by atoms with Gasteiger partial charge in [-0.15, -0.1) is 0 Å². The average Bonchev–Trinajstić information content (AvgIpc) is 2.80. The number of carboxylic acids is 1. The van der Waals surface area contributed by atoms with E-state index < -0.39 is 23.7 Å². The Hall–Kier alpha value is -3.55. The van der Waals surface area contributed by atoms with Gasteiger partial charge in [-0.1, -0.05) is 44.2 Å². The highest BCUT2D eigenvalue weighted by molar-refractivity contribution is 5.80. The Balaban J connectivity index is 0.000000558. The second-order valence-electron chi connectivity index (χ2n) is 9.86. The molecular weight excluding hydrogens is 462 g/mol. The van der Waals surface area contributed by atoms with E-state index in [1.807, 2.05) is 24.3 Å². The SMILES string of the molecule is CC(C)c1ccccc1Oc1ccc(CC(NC(=O)OC(C)(C)C)C(=O)O)cc1.O=C1CCCCO1. The molecule has 1 unspecified atom stereocenters. The summed E-state index contributed by atoms with van der Waals surface area (Å²) in [5.74, 6) is 0.633. The zero-order chi connectivity index (χ0) is 26.7. The third kappa shape index (κ3) is 10.4. The van der Waals surface area contributed by atoms with E-state index in [9.17, 15) is 19.5 Å². The van der Waals surface area contributed by atoms with Crippen LogP contribution in [0.25, 0.3) is 0 Å². The number of carbonyl (C=O) groups is 3. The van der Waals surface area contributed by atoms with Gasteiger partial charge >= 0.3 is 18.0 Å². The molecule has 3 rings (SSSR count). The van der Waals surface area contributed by atoms with Crippen LogP contribution in [0.3, 0.4) is 0 Å². The number of hydrogen-bond donors (Lipinski definition) is 2. The van der Waals surface area contributed by atoms with Crippen LogP contribution in [-0.2, 0) is 25.5 Å². The van der Waals surface area contributed by atoms with E-state index in [1.54, 1.807) is 45.0 Å². The van der Waals surface area contributed by atoms with Crippen molar-refractivity contribution in [3.05, 3.63) is 59.7 Å². The molecule has 36 heavy (non-hydrogen) atoms. The summed E-state index contributed by atoms with van der Waals surface area (Å²) < 4.78 is 15.8. The Morgan fingerprint density at radius 3 is 2.22 bits per heavy atom. The lowest BCUT2D eigenvalue weighted by Gasteiger charge is -2.22. The van der Waals surface area contributed by atoms with Gasteiger partial charge in [0.1, 0.15) is 23.1 Å². The van der Waals surface area contributed by atoms with E-state index in [0.29, 0.717) is 24.7 Å². The summed E-state index contributed by atoms with van der Waals surface area (Å²) >= 11 is 0. The molecule has 2 aromatic rings. The van der Waals surface area contributed by atoms with Gasteiger partial charge in [-0.25, -0.2) is 9.59 Å². The van der Waals surface area contributed by atoms with Gasteiger partial charge in [-0.2, -0.15) is 0 Å². The lowest BCUT2D eigenvalue weighted by atomic mass is 10.0. The summed E-state index contributed by atoms with van der Waals surface area (Å²) in [7, 11) is 0. The molecule has 2 N–H and O–H groups in total. The maximum Gasteiger partial charge on any atom is 0.408 e. The van der Waals surface area contributed by atoms with Crippen molar-refractivity contribution in [1.82, 2.24) is 5.32 Å². The quantitative estimate of drug-likeness (QED) is 0.461. The third-order valence-corrected chi connectivity index (χ3v) is 5.16. The highest BCUT2D eigenvalue weighted by atomic mass is 16.6. The third-order valence-electron chi connectivity index (χ3n) is 5.16. The fraction of sp³-hybridized carbons (Fsp3) is 0.464. The summed E-state index contributed by atoms with van der Waals surface area (Å²) in [6.45, 7) is 10.0. The summed E-state index contributed by atoms with van der Waals surface area (Å²) in [6.07, 6.45) is 2.07. The monoisotopic (exact) mass is 499 g/mol. The fourth-order valence-electron chi connectivity index (χ4n) is 3.39. The van der Waals surface area contributed by atoms with Crippen molar-refractivity contribution >= 4 is 18.0 Å². The van der Waals surface area contributed by atoms with E-state index in [4.69, 9.17) is 9.47 Å². The van der Waals surface area contributed by atoms with Gasteiger partial charge in [-0.3, -0.25) is 4.79 Å². The fourth-order valence-corrected chi connectivity index (χ4v) is 3.39. The molecular formula is C28H37NO7. The van der Waals surface area contributed by atoms with E-state index in [0.717, 1.165) is 29.7 Å². The molecule has 0 radical (unpaired) electrons. The van der Waals surface area contributed by atoms with Crippen LogP contribution in [0.5, 0.6) is 11.5 Å². The molecule has 196 valence electrons. The van der Waals surface area contributed by atoms with E-state index in [1.165, 1.54) is 0 Å². The molecule has 1 saturated heterocycles. The number of nitrogens with one attached hydrogen (secondary N) is 1. The first-order chi connectivity index (χ1) is 16.9. The molecule has 1 aliphatic rings. The number of amides is 1. The summed E-state index contributed by atoms with van der Waals surface area (Å²) in [5.41, 5.74) is 1.18. The Labute approximate surface area is 212 Å². The number of alkyl carbamates (subject to hydrolysis) is 1. The van der Waals surface area contributed by atoms with Crippen LogP contribution in [0.4, 0.5) is 4.79 Å². The van der Waals surface area contributed by atoms with Gasteiger partial charge in [0.2, 0.25) is 0 Å². The number of benzene rings is 2. The zero-order valence-electron chi connectivity index (χ0n) is 21.7. The molecule has 8 nitrogen and oxygen atoms in total. The predicted molar refractivity (Wildman–Crippen MR) is 136 cm³/mol. The molecule has 1 atom stereocenters. The molecule has 8 heteroatoms. The van der Waals surface area contributed by atoms with Crippen molar-refractivity contribution < 1.29 is 33.7 Å². The van der Waals surface area contributed by atoms with Crippen LogP contribution in [0, 0.1) is 0 Å². The minimum Gasteiger partial charge on any atom is -0.480 e. The van der Waals surface area contributed by atoms with Crippen molar-refractivity contribution in [3.8, 4) is 11.5 Å². The number of cyclic esters (lactones) is 1. The number of ether oxygens (including phenoxy) is 3. The van der Waals surface area contributed by atoms with Crippen LogP contribution >= 0.6 is 0 Å². The van der Waals surface area contributed by atoms with E-state index >= 15 is 0 Å². The molecule has 0 bridgehead atoms. The van der Waals surface area contributed by atoms with Gasteiger partial charge in [0.15, 0.2) is 0 Å². The number of aliphatic carboxylic acids is 1. The van der Waals surface area contributed by atoms with Crippen molar-refractivity contribution in [2.75, 3.05) is 6.61 Å². The van der Waals surface area contributed by atoms with Crippen LogP contribution in [0.2, 0.25) is 0 Å². The van der Waals surface area contributed by atoms with Gasteiger partial charge in [0.25, 0.3) is 0 Å². The Bertz CT molecular complexity index is 1000. The van der Waals surface area contributed by atoms with Gasteiger partial charge in [0.05, 0.1) is 6.61 Å². The first-order valence-corrected chi connectivity index (χ1v) is 12.2. The molecule has 1 aliphatic heterocycles. The lowest BCUT2D eigenvalue weighted by molar-refractivity contribution is -0.146. The number of carboxylic acid groups (broad SMARTS) is 1. The predicted octanol–water partition coefficient (Wildman–Crippen LogP) is 5.84. The highest BCUT2D eigenvalue weighted by Crippen LogP contribution is 2.30. The van der Waals surface area contributed by atoms with Crippen molar-refractivity contribution in [2.24, 2.45) is 0 Å². The topological polar surface area (TPSA) is 111 Å². The Morgan fingerprint density at radius 1 is 1.06 bits per heavy atom. The second kappa shape index (κ2) is 13.5. The number of hydrogen-bond acceptors (Lipinski definition) is 6. The lowest BCUT2D eigenvalue weighted by Crippen LogP contribution is -2.44. The standard InChI is InChI=1S/C23H29NO5.C5H8O2/c1-15(2)18-8-6-7-9-20(18)28-17-12-10-16(11-13-17)14-19(21(25)26)24-22(27)29-23(3,4)5;6-5-3-1-2-4-7-5/h6-13,15,19H,14H2,1-5H3,(H,24,27)(H,25,26);1-4H2. The first kappa shape index (κ1) is 28.7. The molecule has 2 aromatic carbocycles. The smallest absolute Gasteiger partial charge is 0.408 e. The van der Waals surface area contributed by atoms with Crippen LogP contribution in [0.15, 0.2) is 48.5 Å². The van der Waals surface area contributed by atoms with Gasteiger partial charge in [0, 0.05) is 12.8 Å². The molecule has 0 aliphatic carbocycles. The first-order valence-electron chi connectivity index (χ1n) is 12.2. The molecule has 1 amide bonds. The highest BCUT2D eigenvalue weighted by Gasteiger charge is 2.24. The molecule has 1 heterocycles. The van der Waals surface area contributed by atoms with Crippen molar-refractivity contribution in [2.45, 2.75) is 77.9 Å². The largest absolute Gasteiger partial charge is 0.480 e. The minimum absolute atomic E-state index is 0.0359. The van der Waals surface area contributed by atoms with E-state index in [2.05, 4.69) is 23.9 Å². The number of esters is 1. The van der Waals surface area contributed by atoms with Crippen molar-refractivity contribution in [1.29, 1.82) is 0 Å². The van der Waals surface area contributed by atoms with Crippen LogP contribution in [0.1, 0.15) is 70.9 Å². The maximum atomic E-state index is 11.9. The van der Waals surface area contributed by atoms with Crippen LogP contribution in [-0.4, -0.2) is 41.4 Å². The molecule has 0 aromatic heterocycles. The minimum atomic E-state index is -1.12. The average molecular weight is 500 g/mol. The summed E-state index contributed by atoms with van der Waals surface area (Å²) in [5, 5.41) is 11.8. The summed E-state index contributed by atoms with van der Waals surface area (Å²) in [4.78, 5) is 33.7. The Morgan fingerprint density at radius 2 is 1.72 bits per heavy atom. The normalized spacial score (nSPS) is 14.1. The van der Waals surface area contributed by atoms with E-state index in [-0.39, 0.29) is 12.4 Å². The van der Waals surface area contributed by atoms with Crippen molar-refractivity contribution in [3.63, 3.8) is 0 Å². The Kier molecular flexibility index (Phi) is 10.8. The molecule has 0 saturated carbocycles. The number of rotatable bonds is 7. The molecule has 1 fully saturated rings. The number of carbonyl (C=O) groups excluding carboxylic acids is 2. The van der Waals surface area contributed by atoms with Gasteiger partial charge < -0.3 is 24.6 Å². The second-order valence-corrected chi connectivity index (χ2v) is 9.86. The number of para-hydroxylation sites is 1. The molecule has 0 spiro atoms. The van der Waals surface area contributed by atoms with Crippen LogP contribution < -0.4 is 10.1 Å². The maximum absolute atomic E-state index is 11.9. The van der Waals surface area contributed by atoms with Gasteiger partial charge in [-0.05, 0) is 68.9 Å². The zero-order valence-corrected chi connectivity index (χ0v) is 21.7. The summed E-state index contributed by atoms with van der Waals surface area (Å²) in [6, 6.07) is 13.9.